The lowest BCUT2D eigenvalue weighted by Crippen LogP contribution is -2.20. The molecule has 1 amide bonds. The van der Waals surface area contributed by atoms with Crippen molar-refractivity contribution in [2.45, 2.75) is 6.54 Å². The zero-order valence-corrected chi connectivity index (χ0v) is 19.4. The molecule has 0 aliphatic carbocycles. The fraction of sp³-hybridized carbons (Fsp3) is 0.192. The van der Waals surface area contributed by atoms with Crippen molar-refractivity contribution in [3.63, 3.8) is 0 Å². The van der Waals surface area contributed by atoms with Crippen LogP contribution in [0.25, 0.3) is 22.2 Å². The van der Waals surface area contributed by atoms with E-state index in [0.29, 0.717) is 23.1 Å². The Hall–Kier alpha value is -4.21. The molecule has 2 heterocycles. The molecule has 9 heteroatoms. The number of aliphatic hydroxyl groups excluding tert-OH is 1. The summed E-state index contributed by atoms with van der Waals surface area (Å²) in [5.74, 6) is 0.269. The molecule has 3 N–H and O–H groups in total. The number of hydroxylamine groups is 1. The summed E-state index contributed by atoms with van der Waals surface area (Å²) in [5.41, 5.74) is 5.75. The van der Waals surface area contributed by atoms with Crippen molar-refractivity contribution in [3.05, 3.63) is 78.1 Å². The quantitative estimate of drug-likeness (QED) is 0.250. The lowest BCUT2D eigenvalue weighted by Gasteiger charge is -2.20. The third-order valence-corrected chi connectivity index (χ3v) is 5.56. The summed E-state index contributed by atoms with van der Waals surface area (Å²) in [4.78, 5) is 23.3. The molecule has 4 rings (SSSR count). The summed E-state index contributed by atoms with van der Waals surface area (Å²) in [7, 11) is 3.45. The van der Waals surface area contributed by atoms with Gasteiger partial charge in [-0.05, 0) is 35.9 Å². The minimum Gasteiger partial charge on any atom is -0.494 e. The van der Waals surface area contributed by atoms with Gasteiger partial charge in [0.2, 0.25) is 0 Å². The van der Waals surface area contributed by atoms with Gasteiger partial charge in [-0.15, -0.1) is 0 Å². The van der Waals surface area contributed by atoms with Crippen LogP contribution in [0.3, 0.4) is 0 Å². The van der Waals surface area contributed by atoms with E-state index in [1.807, 2.05) is 55.6 Å². The van der Waals surface area contributed by atoms with Gasteiger partial charge in [0.1, 0.15) is 18.1 Å². The molecular formula is C26H26N4O5. The second-order valence-corrected chi connectivity index (χ2v) is 7.82. The topological polar surface area (TPSA) is 117 Å². The number of nitrogens with zero attached hydrogens (tertiary/aromatic N) is 3. The van der Waals surface area contributed by atoms with Crippen LogP contribution in [0.15, 0.2) is 67.0 Å². The van der Waals surface area contributed by atoms with Crippen LogP contribution >= 0.6 is 0 Å². The predicted octanol–water partition coefficient (Wildman–Crippen LogP) is 3.43. The number of carbonyl (C=O) groups excluding carboxylic acids is 1. The normalized spacial score (nSPS) is 10.7. The molecule has 0 saturated carbocycles. The number of aliphatic hydroxyl groups is 1. The van der Waals surface area contributed by atoms with Crippen LogP contribution in [0, 0.1) is 0 Å². The van der Waals surface area contributed by atoms with Gasteiger partial charge in [-0.25, -0.2) is 10.5 Å². The maximum absolute atomic E-state index is 12.5. The highest BCUT2D eigenvalue weighted by atomic mass is 16.5. The molecule has 2 aromatic heterocycles. The van der Waals surface area contributed by atoms with E-state index in [1.165, 1.54) is 13.3 Å². The Labute approximate surface area is 202 Å². The van der Waals surface area contributed by atoms with E-state index in [-0.39, 0.29) is 24.5 Å². The molecule has 180 valence electrons. The van der Waals surface area contributed by atoms with Crippen LogP contribution in [-0.4, -0.2) is 53.6 Å². The molecule has 0 radical (unpaired) electrons. The fourth-order valence-electron chi connectivity index (χ4n) is 3.86. The Kier molecular flexibility index (Phi) is 7.39. The molecule has 9 nitrogen and oxygen atoms in total. The first-order chi connectivity index (χ1) is 17.0. The average Bonchev–Trinajstić information content (AvgIpc) is 2.91. The van der Waals surface area contributed by atoms with Crippen LogP contribution < -0.4 is 19.9 Å². The van der Waals surface area contributed by atoms with Gasteiger partial charge in [0.15, 0.2) is 5.75 Å². The summed E-state index contributed by atoms with van der Waals surface area (Å²) in [5, 5.41) is 18.6. The number of carbonyl (C=O) groups is 1. The van der Waals surface area contributed by atoms with Gasteiger partial charge in [-0.3, -0.25) is 15.0 Å². The van der Waals surface area contributed by atoms with Gasteiger partial charge in [0.25, 0.3) is 5.91 Å². The number of fused-ring (bicyclic) bond motifs is 1. The number of hydrogen-bond donors (Lipinski definition) is 3. The molecule has 0 bridgehead atoms. The van der Waals surface area contributed by atoms with Crippen LogP contribution in [0.4, 0.5) is 5.69 Å². The average molecular weight is 475 g/mol. The Balaban J connectivity index is 1.61. The van der Waals surface area contributed by atoms with Crippen LogP contribution in [0.1, 0.15) is 15.9 Å². The molecule has 0 fully saturated rings. The largest absolute Gasteiger partial charge is 0.494 e. The molecule has 4 aromatic rings. The fourth-order valence-corrected chi connectivity index (χ4v) is 3.86. The van der Waals surface area contributed by atoms with Crippen molar-refractivity contribution in [2.75, 3.05) is 32.3 Å². The highest BCUT2D eigenvalue weighted by molar-refractivity contribution is 6.09. The van der Waals surface area contributed by atoms with E-state index in [2.05, 4.69) is 9.88 Å². The minimum atomic E-state index is -0.701. The van der Waals surface area contributed by atoms with Gasteiger partial charge >= 0.3 is 0 Å². The Morgan fingerprint density at radius 1 is 1.09 bits per heavy atom. The second kappa shape index (κ2) is 10.8. The number of aromatic nitrogens is 2. The maximum Gasteiger partial charge on any atom is 0.279 e. The van der Waals surface area contributed by atoms with E-state index in [4.69, 9.17) is 19.6 Å². The molecule has 0 atom stereocenters. The number of pyridine rings is 2. The number of ether oxygens (including phenoxy) is 2. The molecule has 0 unspecified atom stereocenters. The number of methoxy groups -OCH3 is 1. The zero-order chi connectivity index (χ0) is 24.8. The summed E-state index contributed by atoms with van der Waals surface area (Å²) >= 11 is 0. The third kappa shape index (κ3) is 5.16. The first kappa shape index (κ1) is 23.9. The number of benzene rings is 2. The van der Waals surface area contributed by atoms with Crippen LogP contribution in [0.5, 0.6) is 11.5 Å². The van der Waals surface area contributed by atoms with Crippen molar-refractivity contribution < 1.29 is 24.6 Å². The van der Waals surface area contributed by atoms with Crippen LogP contribution in [0.2, 0.25) is 0 Å². The van der Waals surface area contributed by atoms with Crippen LogP contribution in [-0.2, 0) is 6.54 Å². The molecular weight excluding hydrogens is 448 g/mol. The van der Waals surface area contributed by atoms with Crippen molar-refractivity contribution in [1.82, 2.24) is 15.4 Å². The van der Waals surface area contributed by atoms with E-state index in [0.717, 1.165) is 22.6 Å². The standard InChI is InChI=1S/C26H26N4O5/c1-30(16-17-3-9-20(10-4-17)35-14-13-31)19-7-5-18(6-8-19)24-25(34-2)23(26(32)29-33)21-15-27-12-11-22(21)28-24/h3-12,15,31,33H,13-14,16H2,1-2H3,(H,29,32). The second-order valence-electron chi connectivity index (χ2n) is 7.82. The molecule has 0 saturated heterocycles. The summed E-state index contributed by atoms with van der Waals surface area (Å²) in [6.45, 7) is 0.935. The lowest BCUT2D eigenvalue weighted by molar-refractivity contribution is 0.0705. The zero-order valence-electron chi connectivity index (χ0n) is 19.4. The number of amides is 1. The predicted molar refractivity (Wildman–Crippen MR) is 132 cm³/mol. The molecule has 0 spiro atoms. The SMILES string of the molecule is COc1c(-c2ccc(N(C)Cc3ccc(OCCO)cc3)cc2)nc2ccncc2c1C(=O)NO. The minimum absolute atomic E-state index is 0.0196. The molecule has 35 heavy (non-hydrogen) atoms. The number of anilines is 1. The summed E-state index contributed by atoms with van der Waals surface area (Å²) < 4.78 is 11.0. The van der Waals surface area contributed by atoms with Gasteiger partial charge < -0.3 is 19.5 Å². The number of rotatable bonds is 9. The van der Waals surface area contributed by atoms with Crippen molar-refractivity contribution in [3.8, 4) is 22.8 Å². The Morgan fingerprint density at radius 2 is 1.83 bits per heavy atom. The summed E-state index contributed by atoms with van der Waals surface area (Å²) in [6, 6.07) is 17.2. The molecule has 2 aromatic carbocycles. The number of nitrogens with one attached hydrogen (secondary N) is 1. The summed E-state index contributed by atoms with van der Waals surface area (Å²) in [6.07, 6.45) is 3.11. The van der Waals surface area contributed by atoms with E-state index in [1.54, 1.807) is 17.7 Å². The molecule has 0 aliphatic heterocycles. The smallest absolute Gasteiger partial charge is 0.279 e. The third-order valence-electron chi connectivity index (χ3n) is 5.56. The molecule has 0 aliphatic rings. The van der Waals surface area contributed by atoms with Gasteiger partial charge in [0.05, 0.1) is 24.8 Å². The van der Waals surface area contributed by atoms with E-state index >= 15 is 0 Å². The van der Waals surface area contributed by atoms with Gasteiger partial charge in [-0.1, -0.05) is 24.3 Å². The Morgan fingerprint density at radius 3 is 2.49 bits per heavy atom. The first-order valence-corrected chi connectivity index (χ1v) is 11.0. The first-order valence-electron chi connectivity index (χ1n) is 11.0. The van der Waals surface area contributed by atoms with Crippen molar-refractivity contribution in [1.29, 1.82) is 0 Å². The monoisotopic (exact) mass is 474 g/mol. The van der Waals surface area contributed by atoms with Gasteiger partial charge in [-0.2, -0.15) is 0 Å². The highest BCUT2D eigenvalue weighted by Crippen LogP contribution is 2.36. The Bertz CT molecular complexity index is 1310. The van der Waals surface area contributed by atoms with Crippen molar-refractivity contribution in [2.24, 2.45) is 0 Å². The van der Waals surface area contributed by atoms with Gasteiger partial charge in [0, 0.05) is 42.6 Å². The lowest BCUT2D eigenvalue weighted by atomic mass is 10.0. The van der Waals surface area contributed by atoms with E-state index in [9.17, 15) is 10.0 Å². The highest BCUT2D eigenvalue weighted by Gasteiger charge is 2.22. The number of hydrogen-bond acceptors (Lipinski definition) is 8. The maximum atomic E-state index is 12.5. The van der Waals surface area contributed by atoms with E-state index < -0.39 is 5.91 Å². The van der Waals surface area contributed by atoms with Crippen molar-refractivity contribution >= 4 is 22.5 Å².